The van der Waals surface area contributed by atoms with Crippen LogP contribution in [0.3, 0.4) is 0 Å². The van der Waals surface area contributed by atoms with Crippen LogP contribution in [0.25, 0.3) is 0 Å². The van der Waals surface area contributed by atoms with E-state index >= 15 is 0 Å². The van der Waals surface area contributed by atoms with Crippen molar-refractivity contribution in [2.75, 3.05) is 12.0 Å². The van der Waals surface area contributed by atoms with Crippen molar-refractivity contribution in [2.24, 2.45) is 0 Å². The minimum atomic E-state index is -0.0111. The van der Waals surface area contributed by atoms with E-state index in [1.165, 1.54) is 6.92 Å². The SMILES string of the molecule is CSc1ccccc1Oc1cc(C(C)=O)ccc1N. The maximum Gasteiger partial charge on any atom is 0.159 e. The van der Waals surface area contributed by atoms with Crippen LogP contribution in [0.4, 0.5) is 5.69 Å². The second-order valence-corrected chi connectivity index (χ2v) is 4.91. The van der Waals surface area contributed by atoms with Gasteiger partial charge in [-0.3, -0.25) is 4.79 Å². The Kier molecular flexibility index (Phi) is 4.12. The Morgan fingerprint density at radius 3 is 2.58 bits per heavy atom. The number of para-hydroxylation sites is 1. The molecule has 0 aromatic heterocycles. The van der Waals surface area contributed by atoms with Gasteiger partial charge in [0.05, 0.1) is 5.69 Å². The van der Waals surface area contributed by atoms with E-state index in [9.17, 15) is 4.79 Å². The Hall–Kier alpha value is -1.94. The fourth-order valence-electron chi connectivity index (χ4n) is 1.66. The summed E-state index contributed by atoms with van der Waals surface area (Å²) in [6.07, 6.45) is 1.98. The third-order valence-electron chi connectivity index (χ3n) is 2.71. The molecule has 0 spiro atoms. The standard InChI is InChI=1S/C15H15NO2S/c1-10(17)11-7-8-12(16)14(9-11)18-13-5-3-4-6-15(13)19-2/h3-9H,16H2,1-2H3. The monoisotopic (exact) mass is 273 g/mol. The van der Waals surface area contributed by atoms with E-state index in [1.54, 1.807) is 30.0 Å². The summed E-state index contributed by atoms with van der Waals surface area (Å²) in [5.41, 5.74) is 6.99. The van der Waals surface area contributed by atoms with Gasteiger partial charge in [0.2, 0.25) is 0 Å². The number of anilines is 1. The van der Waals surface area contributed by atoms with Crippen LogP contribution in [-0.2, 0) is 0 Å². The van der Waals surface area contributed by atoms with Gasteiger partial charge in [-0.2, -0.15) is 0 Å². The number of nitrogens with two attached hydrogens (primary N) is 1. The normalized spacial score (nSPS) is 10.2. The molecule has 3 nitrogen and oxygen atoms in total. The van der Waals surface area contributed by atoms with Gasteiger partial charge in [0.25, 0.3) is 0 Å². The summed E-state index contributed by atoms with van der Waals surface area (Å²) in [6.45, 7) is 1.52. The van der Waals surface area contributed by atoms with Gasteiger partial charge in [0, 0.05) is 10.5 Å². The molecule has 0 saturated carbocycles. The van der Waals surface area contributed by atoms with Crippen LogP contribution in [0.15, 0.2) is 47.4 Å². The number of thioether (sulfide) groups is 1. The molecule has 98 valence electrons. The molecule has 4 heteroatoms. The van der Waals surface area contributed by atoms with Gasteiger partial charge in [-0.1, -0.05) is 12.1 Å². The Bertz CT molecular complexity index is 611. The predicted molar refractivity (Wildman–Crippen MR) is 79.2 cm³/mol. The van der Waals surface area contributed by atoms with Crippen molar-refractivity contribution < 1.29 is 9.53 Å². The largest absolute Gasteiger partial charge is 0.454 e. The van der Waals surface area contributed by atoms with Crippen molar-refractivity contribution in [2.45, 2.75) is 11.8 Å². The third-order valence-corrected chi connectivity index (χ3v) is 3.49. The molecular formula is C15H15NO2S. The Morgan fingerprint density at radius 1 is 1.16 bits per heavy atom. The first kappa shape index (κ1) is 13.5. The van der Waals surface area contributed by atoms with Gasteiger partial charge in [-0.15, -0.1) is 11.8 Å². The lowest BCUT2D eigenvalue weighted by atomic mass is 10.1. The number of carbonyl (C=O) groups excluding carboxylic acids is 1. The van der Waals surface area contributed by atoms with Crippen molar-refractivity contribution in [3.8, 4) is 11.5 Å². The van der Waals surface area contributed by atoms with E-state index in [0.717, 1.165) is 10.6 Å². The van der Waals surface area contributed by atoms with Crippen LogP contribution in [0.2, 0.25) is 0 Å². The molecule has 0 bridgehead atoms. The quantitative estimate of drug-likeness (QED) is 0.520. The number of ketones is 1. The molecule has 2 aromatic rings. The zero-order valence-corrected chi connectivity index (χ0v) is 11.7. The highest BCUT2D eigenvalue weighted by atomic mass is 32.2. The molecule has 0 heterocycles. The maximum absolute atomic E-state index is 11.4. The molecule has 0 aliphatic heterocycles. The molecular weight excluding hydrogens is 258 g/mol. The van der Waals surface area contributed by atoms with E-state index in [-0.39, 0.29) is 5.78 Å². The van der Waals surface area contributed by atoms with Crippen molar-refractivity contribution >= 4 is 23.2 Å². The molecule has 0 saturated heterocycles. The number of nitrogen functional groups attached to an aromatic ring is 1. The predicted octanol–water partition coefficient (Wildman–Crippen LogP) is 3.99. The van der Waals surface area contributed by atoms with Crippen molar-refractivity contribution in [3.05, 3.63) is 48.0 Å². The molecule has 0 atom stereocenters. The first-order chi connectivity index (χ1) is 9.11. The highest BCUT2D eigenvalue weighted by Gasteiger charge is 2.09. The molecule has 0 fully saturated rings. The second kappa shape index (κ2) is 5.80. The van der Waals surface area contributed by atoms with Crippen LogP contribution < -0.4 is 10.5 Å². The van der Waals surface area contributed by atoms with Crippen LogP contribution in [-0.4, -0.2) is 12.0 Å². The zero-order valence-electron chi connectivity index (χ0n) is 10.8. The lowest BCUT2D eigenvalue weighted by Gasteiger charge is -2.12. The molecule has 19 heavy (non-hydrogen) atoms. The van der Waals surface area contributed by atoms with Crippen LogP contribution in [0.1, 0.15) is 17.3 Å². The minimum Gasteiger partial charge on any atom is -0.454 e. The van der Waals surface area contributed by atoms with Crippen molar-refractivity contribution in [1.29, 1.82) is 0 Å². The summed E-state index contributed by atoms with van der Waals surface area (Å²) in [4.78, 5) is 12.4. The number of hydrogen-bond acceptors (Lipinski definition) is 4. The van der Waals surface area contributed by atoms with E-state index in [4.69, 9.17) is 10.5 Å². The first-order valence-corrected chi connectivity index (χ1v) is 7.05. The van der Waals surface area contributed by atoms with E-state index in [0.29, 0.717) is 17.0 Å². The Balaban J connectivity index is 2.37. The van der Waals surface area contributed by atoms with E-state index < -0.39 is 0 Å². The molecule has 0 amide bonds. The summed E-state index contributed by atoms with van der Waals surface area (Å²) in [5.74, 6) is 1.24. The summed E-state index contributed by atoms with van der Waals surface area (Å²) < 4.78 is 5.82. The minimum absolute atomic E-state index is 0.0111. The smallest absolute Gasteiger partial charge is 0.159 e. The van der Waals surface area contributed by atoms with E-state index in [1.807, 2.05) is 30.5 Å². The lowest BCUT2D eigenvalue weighted by molar-refractivity contribution is 0.101. The highest BCUT2D eigenvalue weighted by molar-refractivity contribution is 7.98. The molecule has 0 radical (unpaired) electrons. The number of rotatable bonds is 4. The summed E-state index contributed by atoms with van der Waals surface area (Å²) in [7, 11) is 0. The lowest BCUT2D eigenvalue weighted by Crippen LogP contribution is -1.97. The summed E-state index contributed by atoms with van der Waals surface area (Å²) in [5, 5.41) is 0. The van der Waals surface area contributed by atoms with Crippen LogP contribution in [0.5, 0.6) is 11.5 Å². The first-order valence-electron chi connectivity index (χ1n) is 5.83. The fourth-order valence-corrected chi connectivity index (χ4v) is 2.19. The highest BCUT2D eigenvalue weighted by Crippen LogP contribution is 2.34. The maximum atomic E-state index is 11.4. The van der Waals surface area contributed by atoms with Crippen molar-refractivity contribution in [3.63, 3.8) is 0 Å². The Morgan fingerprint density at radius 2 is 1.89 bits per heavy atom. The number of benzene rings is 2. The molecule has 0 aliphatic carbocycles. The third kappa shape index (κ3) is 3.09. The summed E-state index contributed by atoms with van der Waals surface area (Å²) in [6, 6.07) is 12.8. The molecule has 0 aliphatic rings. The molecule has 2 N–H and O–H groups in total. The van der Waals surface area contributed by atoms with E-state index in [2.05, 4.69) is 0 Å². The van der Waals surface area contributed by atoms with Gasteiger partial charge in [-0.25, -0.2) is 0 Å². The van der Waals surface area contributed by atoms with Crippen LogP contribution in [0, 0.1) is 0 Å². The molecule has 2 aromatic carbocycles. The second-order valence-electron chi connectivity index (χ2n) is 4.06. The number of Topliss-reactive ketones (excluding diaryl/α,β-unsaturated/α-hetero) is 1. The zero-order chi connectivity index (χ0) is 13.8. The number of hydrogen-bond donors (Lipinski definition) is 1. The average molecular weight is 273 g/mol. The molecule has 0 unspecified atom stereocenters. The van der Waals surface area contributed by atoms with Gasteiger partial charge in [0.1, 0.15) is 5.75 Å². The van der Waals surface area contributed by atoms with Gasteiger partial charge in [-0.05, 0) is 43.5 Å². The Labute approximate surface area is 116 Å². The topological polar surface area (TPSA) is 52.3 Å². The number of carbonyl (C=O) groups is 1. The van der Waals surface area contributed by atoms with Gasteiger partial charge >= 0.3 is 0 Å². The molecule has 2 rings (SSSR count). The van der Waals surface area contributed by atoms with Gasteiger partial charge < -0.3 is 10.5 Å². The van der Waals surface area contributed by atoms with Gasteiger partial charge in [0.15, 0.2) is 11.5 Å². The summed E-state index contributed by atoms with van der Waals surface area (Å²) >= 11 is 1.60. The number of ether oxygens (including phenoxy) is 1. The van der Waals surface area contributed by atoms with Crippen molar-refractivity contribution in [1.82, 2.24) is 0 Å². The van der Waals surface area contributed by atoms with Crippen LogP contribution >= 0.6 is 11.8 Å². The fraction of sp³-hybridized carbons (Fsp3) is 0.133. The average Bonchev–Trinajstić information content (AvgIpc) is 2.41.